The third-order valence-electron chi connectivity index (χ3n) is 4.61. The normalized spacial score (nSPS) is 19.1. The van der Waals surface area contributed by atoms with E-state index < -0.39 is 18.5 Å². The molecule has 0 bridgehead atoms. The van der Waals surface area contributed by atoms with Gasteiger partial charge in [-0.15, -0.1) is 0 Å². The molecule has 2 aromatic rings. The van der Waals surface area contributed by atoms with Gasteiger partial charge in [0, 0.05) is 36.5 Å². The van der Waals surface area contributed by atoms with Gasteiger partial charge in [-0.2, -0.15) is 13.2 Å². The number of hydrogen-bond acceptors (Lipinski definition) is 3. The zero-order valence-corrected chi connectivity index (χ0v) is 16.0. The van der Waals surface area contributed by atoms with Gasteiger partial charge in [-0.3, -0.25) is 9.36 Å². The molecule has 2 heterocycles. The molecule has 0 spiro atoms. The fourth-order valence-corrected chi connectivity index (χ4v) is 3.68. The second kappa shape index (κ2) is 7.14. The summed E-state index contributed by atoms with van der Waals surface area (Å²) in [4.78, 5) is 21.7. The van der Waals surface area contributed by atoms with E-state index >= 15 is 0 Å². The van der Waals surface area contributed by atoms with E-state index in [-0.39, 0.29) is 23.4 Å². The fraction of sp³-hybridized carbons (Fsp3) is 0.500. The zero-order chi connectivity index (χ0) is 19.9. The highest BCUT2D eigenvalue weighted by molar-refractivity contribution is 6.29. The van der Waals surface area contributed by atoms with Crippen LogP contribution in [0, 0.1) is 11.8 Å². The molecule has 146 valence electrons. The molecule has 1 unspecified atom stereocenters. The molecule has 0 aromatic carbocycles. The van der Waals surface area contributed by atoms with Crippen molar-refractivity contribution < 1.29 is 13.2 Å². The lowest BCUT2D eigenvalue weighted by Crippen LogP contribution is -2.29. The van der Waals surface area contributed by atoms with Crippen LogP contribution in [0.3, 0.4) is 0 Å². The summed E-state index contributed by atoms with van der Waals surface area (Å²) in [7, 11) is 1.69. The molecule has 1 aliphatic rings. The van der Waals surface area contributed by atoms with Gasteiger partial charge in [0.2, 0.25) is 0 Å². The van der Waals surface area contributed by atoms with Crippen LogP contribution in [0.2, 0.25) is 0 Å². The van der Waals surface area contributed by atoms with E-state index in [0.29, 0.717) is 28.6 Å². The van der Waals surface area contributed by atoms with E-state index in [1.54, 1.807) is 23.8 Å². The van der Waals surface area contributed by atoms with Crippen molar-refractivity contribution in [1.29, 1.82) is 0 Å². The Hall–Kier alpha value is -2.09. The molecule has 27 heavy (non-hydrogen) atoms. The maximum absolute atomic E-state index is 13.1. The molecular weight excluding hydrogens is 381 g/mol. The van der Waals surface area contributed by atoms with E-state index in [1.165, 1.54) is 17.8 Å². The number of halogens is 4. The fourth-order valence-electron chi connectivity index (χ4n) is 3.38. The van der Waals surface area contributed by atoms with Gasteiger partial charge in [0.15, 0.2) is 11.2 Å². The van der Waals surface area contributed by atoms with Crippen molar-refractivity contribution >= 4 is 28.5 Å². The standard InChI is InChI=1S/C18H20ClF3N4O/c1-10(8-18(20,21)22)6-14-24-16-15(23-9-25(16)3)17(27)26(14)13-5-4-12(19)7-11(13)2/h4-5,9-11H,6-8H2,1-3H3/t10-,11?/m0/s1. The van der Waals surface area contributed by atoms with Gasteiger partial charge in [0.25, 0.3) is 5.56 Å². The van der Waals surface area contributed by atoms with Crippen LogP contribution >= 0.6 is 11.6 Å². The molecule has 9 heteroatoms. The molecule has 0 saturated carbocycles. The van der Waals surface area contributed by atoms with Crippen molar-refractivity contribution in [2.75, 3.05) is 0 Å². The van der Waals surface area contributed by atoms with Gasteiger partial charge < -0.3 is 4.57 Å². The van der Waals surface area contributed by atoms with Gasteiger partial charge in [-0.05, 0) is 24.5 Å². The molecule has 2 aromatic heterocycles. The van der Waals surface area contributed by atoms with Crippen molar-refractivity contribution in [3.8, 4) is 0 Å². The largest absolute Gasteiger partial charge is 0.389 e. The summed E-state index contributed by atoms with van der Waals surface area (Å²) in [6.45, 7) is 3.42. The monoisotopic (exact) mass is 400 g/mol. The predicted molar refractivity (Wildman–Crippen MR) is 98.3 cm³/mol. The van der Waals surface area contributed by atoms with Crippen molar-refractivity contribution in [3.05, 3.63) is 39.7 Å². The number of hydrogen-bond donors (Lipinski definition) is 0. The molecule has 5 nitrogen and oxygen atoms in total. The highest BCUT2D eigenvalue weighted by Gasteiger charge is 2.31. The smallest absolute Gasteiger partial charge is 0.318 e. The highest BCUT2D eigenvalue weighted by Crippen LogP contribution is 2.31. The van der Waals surface area contributed by atoms with Crippen LogP contribution in [0.15, 0.2) is 28.3 Å². The molecule has 1 aliphatic carbocycles. The molecular formula is C18H20ClF3N4O. The molecule has 0 amide bonds. The lowest BCUT2D eigenvalue weighted by atomic mass is 9.97. The molecule has 0 radical (unpaired) electrons. The summed E-state index contributed by atoms with van der Waals surface area (Å²) in [5.41, 5.74) is 0.847. The van der Waals surface area contributed by atoms with E-state index in [2.05, 4.69) is 9.97 Å². The zero-order valence-electron chi connectivity index (χ0n) is 15.2. The predicted octanol–water partition coefficient (Wildman–Crippen LogP) is 4.26. The van der Waals surface area contributed by atoms with Crippen LogP contribution in [-0.4, -0.2) is 25.3 Å². The number of imidazole rings is 1. The topological polar surface area (TPSA) is 52.7 Å². The molecule has 0 N–H and O–H groups in total. The Balaban J connectivity index is 2.15. The Morgan fingerprint density at radius 2 is 2.07 bits per heavy atom. The second-order valence-corrected chi connectivity index (χ2v) is 7.62. The first-order valence-corrected chi connectivity index (χ1v) is 9.01. The molecule has 0 fully saturated rings. The first kappa shape index (κ1) is 19.7. The minimum absolute atomic E-state index is 0.0252. The van der Waals surface area contributed by atoms with E-state index in [4.69, 9.17) is 11.6 Å². The lowest BCUT2D eigenvalue weighted by Gasteiger charge is -2.24. The van der Waals surface area contributed by atoms with Crippen molar-refractivity contribution in [1.82, 2.24) is 19.1 Å². The number of allylic oxidation sites excluding steroid dienone is 4. The SMILES string of the molecule is CC1CC(Cl)=CC=C1n1c(C[C@H](C)CC(F)(F)F)nc2c(ncn2C)c1=O. The number of fused-ring (bicyclic) bond motifs is 1. The average molecular weight is 401 g/mol. The van der Waals surface area contributed by atoms with Crippen molar-refractivity contribution in [2.45, 2.75) is 39.3 Å². The molecule has 0 saturated heterocycles. The summed E-state index contributed by atoms with van der Waals surface area (Å²) in [6, 6.07) is 0. The highest BCUT2D eigenvalue weighted by atomic mass is 35.5. The molecule has 2 atom stereocenters. The van der Waals surface area contributed by atoms with Crippen LogP contribution in [-0.2, 0) is 13.5 Å². The number of nitrogens with zero attached hydrogens (tertiary/aromatic N) is 4. The van der Waals surface area contributed by atoms with Crippen LogP contribution in [0.4, 0.5) is 13.2 Å². The quantitative estimate of drug-likeness (QED) is 0.770. The van der Waals surface area contributed by atoms with Crippen LogP contribution in [0.1, 0.15) is 32.5 Å². The summed E-state index contributed by atoms with van der Waals surface area (Å²) < 4.78 is 41.3. The van der Waals surface area contributed by atoms with E-state index in [9.17, 15) is 18.0 Å². The maximum Gasteiger partial charge on any atom is 0.389 e. The second-order valence-electron chi connectivity index (χ2n) is 7.14. The summed E-state index contributed by atoms with van der Waals surface area (Å²) >= 11 is 6.07. The minimum Gasteiger partial charge on any atom is -0.318 e. The number of aromatic nitrogens is 4. The lowest BCUT2D eigenvalue weighted by molar-refractivity contribution is -0.143. The van der Waals surface area contributed by atoms with Crippen molar-refractivity contribution in [3.63, 3.8) is 0 Å². The Labute approximate surface area is 159 Å². The van der Waals surface area contributed by atoms with Crippen molar-refractivity contribution in [2.24, 2.45) is 18.9 Å². The third-order valence-corrected chi connectivity index (χ3v) is 4.90. The maximum atomic E-state index is 13.1. The molecule has 0 aliphatic heterocycles. The average Bonchev–Trinajstić information content (AvgIpc) is 2.89. The first-order chi connectivity index (χ1) is 12.6. The van der Waals surface area contributed by atoms with Crippen LogP contribution in [0.5, 0.6) is 0 Å². The van der Waals surface area contributed by atoms with Gasteiger partial charge >= 0.3 is 6.18 Å². The third kappa shape index (κ3) is 4.10. The van der Waals surface area contributed by atoms with Crippen LogP contribution in [0.25, 0.3) is 16.9 Å². The summed E-state index contributed by atoms with van der Waals surface area (Å²) in [5, 5.41) is 0.665. The van der Waals surface area contributed by atoms with Crippen LogP contribution < -0.4 is 5.56 Å². The van der Waals surface area contributed by atoms with E-state index in [1.807, 2.05) is 6.92 Å². The van der Waals surface area contributed by atoms with Gasteiger partial charge in [-0.25, -0.2) is 9.97 Å². The number of alkyl halides is 3. The minimum atomic E-state index is -4.27. The summed E-state index contributed by atoms with van der Waals surface area (Å²) in [6.07, 6.45) is 0.277. The summed E-state index contributed by atoms with van der Waals surface area (Å²) in [5.74, 6) is -0.482. The van der Waals surface area contributed by atoms with E-state index in [0.717, 1.165) is 0 Å². The Morgan fingerprint density at radius 1 is 1.37 bits per heavy atom. The first-order valence-electron chi connectivity index (χ1n) is 8.63. The van der Waals surface area contributed by atoms with Gasteiger partial charge in [0.05, 0.1) is 6.33 Å². The van der Waals surface area contributed by atoms with Gasteiger partial charge in [0.1, 0.15) is 5.82 Å². The number of aryl methyl sites for hydroxylation is 1. The number of rotatable bonds is 4. The Kier molecular flexibility index (Phi) is 5.20. The Morgan fingerprint density at radius 3 is 2.70 bits per heavy atom. The molecule has 3 rings (SSSR count). The van der Waals surface area contributed by atoms with Gasteiger partial charge in [-0.1, -0.05) is 25.4 Å². The Bertz CT molecular complexity index is 987.